The first-order valence-electron chi connectivity index (χ1n) is 11.5. The van der Waals surface area contributed by atoms with Crippen LogP contribution in [0.25, 0.3) is 0 Å². The second-order valence-corrected chi connectivity index (χ2v) is 9.79. The molecule has 0 unspecified atom stereocenters. The molecule has 5 nitrogen and oxygen atoms in total. The average molecular weight is 460 g/mol. The number of alkyl halides is 3. The number of pyridine rings is 1. The zero-order chi connectivity index (χ0) is 23.4. The molecule has 1 aromatic heterocycles. The smallest absolute Gasteiger partial charge is 0.419 e. The number of rotatable bonds is 6. The Morgan fingerprint density at radius 3 is 2.70 bits per heavy atom. The summed E-state index contributed by atoms with van der Waals surface area (Å²) in [6.45, 7) is 1.77. The van der Waals surface area contributed by atoms with Gasteiger partial charge in [0.05, 0.1) is 11.5 Å². The van der Waals surface area contributed by atoms with Gasteiger partial charge in [-0.25, -0.2) is 4.98 Å². The molecule has 8 heteroatoms. The highest BCUT2D eigenvalue weighted by atomic mass is 19.4. The van der Waals surface area contributed by atoms with E-state index in [4.69, 9.17) is 4.74 Å². The van der Waals surface area contributed by atoms with Crippen LogP contribution in [-0.2, 0) is 17.4 Å². The summed E-state index contributed by atoms with van der Waals surface area (Å²) in [6.07, 6.45) is 1.83. The Morgan fingerprint density at radius 2 is 2.03 bits per heavy atom. The van der Waals surface area contributed by atoms with Gasteiger partial charge in [-0.05, 0) is 66.8 Å². The summed E-state index contributed by atoms with van der Waals surface area (Å²) in [5, 5.41) is 12.5. The number of fused-ring (bicyclic) bond motifs is 1. The van der Waals surface area contributed by atoms with E-state index in [0.717, 1.165) is 48.6 Å². The first-order valence-corrected chi connectivity index (χ1v) is 11.5. The molecule has 2 N–H and O–H groups in total. The molecule has 1 spiro atoms. The number of hydrogen-bond acceptors (Lipinski definition) is 4. The van der Waals surface area contributed by atoms with Gasteiger partial charge in [-0.2, -0.15) is 13.2 Å². The van der Waals surface area contributed by atoms with Crippen molar-refractivity contribution in [1.82, 2.24) is 4.98 Å². The van der Waals surface area contributed by atoms with Gasteiger partial charge in [-0.15, -0.1) is 0 Å². The van der Waals surface area contributed by atoms with Gasteiger partial charge in [0.15, 0.2) is 0 Å². The topological polar surface area (TPSA) is 71.5 Å². The molecule has 0 amide bonds. The van der Waals surface area contributed by atoms with Crippen molar-refractivity contribution in [2.75, 3.05) is 5.32 Å². The molecule has 176 valence electrons. The van der Waals surface area contributed by atoms with E-state index in [1.54, 1.807) is 6.92 Å². The highest BCUT2D eigenvalue weighted by molar-refractivity contribution is 5.71. The van der Waals surface area contributed by atoms with E-state index in [-0.39, 0.29) is 17.8 Å². The molecule has 33 heavy (non-hydrogen) atoms. The molecule has 0 radical (unpaired) electrons. The fourth-order valence-electron chi connectivity index (χ4n) is 5.48. The number of nitrogens with one attached hydrogen (secondary N) is 1. The number of ether oxygens (including phenoxy) is 1. The molecule has 2 aliphatic carbocycles. The molecule has 2 saturated carbocycles. The number of aryl methyl sites for hydroxylation is 1. The lowest BCUT2D eigenvalue weighted by Gasteiger charge is -2.50. The molecule has 2 fully saturated rings. The van der Waals surface area contributed by atoms with Crippen LogP contribution in [0, 0.1) is 11.8 Å². The zero-order valence-electron chi connectivity index (χ0n) is 18.4. The molecule has 3 aliphatic rings. The van der Waals surface area contributed by atoms with Crippen molar-refractivity contribution in [2.24, 2.45) is 11.8 Å². The largest absolute Gasteiger partial charge is 0.487 e. The molecule has 2 heterocycles. The van der Waals surface area contributed by atoms with Crippen LogP contribution in [0.1, 0.15) is 61.6 Å². The number of nitrogens with zero attached hydrogens (tertiary/aromatic N) is 1. The number of aromatic nitrogens is 1. The van der Waals surface area contributed by atoms with Crippen molar-refractivity contribution in [3.8, 4) is 5.75 Å². The van der Waals surface area contributed by atoms with Crippen LogP contribution < -0.4 is 10.1 Å². The van der Waals surface area contributed by atoms with E-state index < -0.39 is 29.2 Å². The lowest BCUT2D eigenvalue weighted by atomic mass is 9.70. The molecular weight excluding hydrogens is 433 g/mol. The highest BCUT2D eigenvalue weighted by Gasteiger charge is 2.49. The highest BCUT2D eigenvalue weighted by Crippen LogP contribution is 2.50. The maximum absolute atomic E-state index is 13.3. The first kappa shape index (κ1) is 22.0. The molecule has 2 atom stereocenters. The minimum atomic E-state index is -4.46. The van der Waals surface area contributed by atoms with Gasteiger partial charge in [0.25, 0.3) is 0 Å². The minimum Gasteiger partial charge on any atom is -0.487 e. The van der Waals surface area contributed by atoms with E-state index in [1.165, 1.54) is 12.3 Å². The number of halogens is 3. The summed E-state index contributed by atoms with van der Waals surface area (Å²) in [5.41, 5.74) is 0.941. The fourth-order valence-corrected chi connectivity index (χ4v) is 5.48. The minimum absolute atomic E-state index is 0.0324. The van der Waals surface area contributed by atoms with Gasteiger partial charge in [-0.1, -0.05) is 19.1 Å². The van der Waals surface area contributed by atoms with Gasteiger partial charge < -0.3 is 15.2 Å². The molecular formula is C25H27F3N2O3. The van der Waals surface area contributed by atoms with E-state index in [1.807, 2.05) is 18.2 Å². The van der Waals surface area contributed by atoms with Crippen molar-refractivity contribution in [1.29, 1.82) is 0 Å². The SMILES string of the molecule is C[C@H](C(=O)O)[C@H](c1ccc2c(c1)OC1(CC2)CC(Nc2ncccc2C(F)(F)F)C1)C1CC1. The number of carboxylic acids is 1. The third-order valence-electron chi connectivity index (χ3n) is 7.40. The van der Waals surface area contributed by atoms with Crippen molar-refractivity contribution in [2.45, 2.75) is 69.2 Å². The van der Waals surface area contributed by atoms with Crippen LogP contribution in [-0.4, -0.2) is 27.7 Å². The summed E-state index contributed by atoms with van der Waals surface area (Å²) in [5.74, 6) is -0.248. The summed E-state index contributed by atoms with van der Waals surface area (Å²) in [4.78, 5) is 15.6. The molecule has 5 rings (SSSR count). The maximum atomic E-state index is 13.3. The average Bonchev–Trinajstić information content (AvgIpc) is 3.57. The third-order valence-corrected chi connectivity index (χ3v) is 7.40. The molecule has 1 aromatic carbocycles. The Hall–Kier alpha value is -2.77. The lowest BCUT2D eigenvalue weighted by molar-refractivity contribution is -0.142. The van der Waals surface area contributed by atoms with Crippen LogP contribution in [0.4, 0.5) is 19.0 Å². The van der Waals surface area contributed by atoms with Gasteiger partial charge in [0, 0.05) is 25.1 Å². The summed E-state index contributed by atoms with van der Waals surface area (Å²) < 4.78 is 46.2. The van der Waals surface area contributed by atoms with Crippen LogP contribution in [0.5, 0.6) is 5.75 Å². The summed E-state index contributed by atoms with van der Waals surface area (Å²) in [6, 6.07) is 8.26. The maximum Gasteiger partial charge on any atom is 0.419 e. The van der Waals surface area contributed by atoms with Crippen molar-refractivity contribution in [3.05, 3.63) is 53.2 Å². The number of anilines is 1. The Labute approximate surface area is 190 Å². The van der Waals surface area contributed by atoms with Crippen molar-refractivity contribution < 1.29 is 27.8 Å². The Morgan fingerprint density at radius 1 is 1.27 bits per heavy atom. The van der Waals surface area contributed by atoms with Crippen LogP contribution in [0.2, 0.25) is 0 Å². The van der Waals surface area contributed by atoms with Gasteiger partial charge in [-0.3, -0.25) is 4.79 Å². The Kier molecular flexibility index (Phi) is 5.29. The lowest BCUT2D eigenvalue weighted by Crippen LogP contribution is -2.56. The predicted octanol–water partition coefficient (Wildman–Crippen LogP) is 5.65. The molecule has 0 bridgehead atoms. The Balaban J connectivity index is 1.30. The second kappa shape index (κ2) is 7.92. The van der Waals surface area contributed by atoms with Gasteiger partial charge in [0.1, 0.15) is 17.2 Å². The van der Waals surface area contributed by atoms with Crippen LogP contribution in [0.3, 0.4) is 0 Å². The number of aliphatic carboxylic acids is 1. The number of carbonyl (C=O) groups is 1. The van der Waals surface area contributed by atoms with E-state index in [0.29, 0.717) is 18.8 Å². The fraction of sp³-hybridized carbons (Fsp3) is 0.520. The van der Waals surface area contributed by atoms with Crippen molar-refractivity contribution in [3.63, 3.8) is 0 Å². The first-order chi connectivity index (χ1) is 15.7. The zero-order valence-corrected chi connectivity index (χ0v) is 18.4. The number of benzene rings is 1. The molecule has 2 aromatic rings. The van der Waals surface area contributed by atoms with E-state index >= 15 is 0 Å². The molecule has 1 aliphatic heterocycles. The quantitative estimate of drug-likeness (QED) is 0.583. The number of carboxylic acid groups (broad SMARTS) is 1. The number of hydrogen-bond donors (Lipinski definition) is 2. The third kappa shape index (κ3) is 4.27. The standard InChI is InChI=1S/C25H27F3N2O3/c1-14(23(31)32)21(16-5-6-16)17-7-4-15-8-9-24(33-20(15)11-17)12-18(13-24)30-22-19(25(26,27)28)3-2-10-29-22/h2-4,7,10-11,14,16,18,21H,5-6,8-9,12-13H2,1H3,(H,29,30)(H,31,32)/t14-,18?,21-,24?/m0/s1. The van der Waals surface area contributed by atoms with Gasteiger partial charge >= 0.3 is 12.1 Å². The van der Waals surface area contributed by atoms with Crippen LogP contribution >= 0.6 is 0 Å². The van der Waals surface area contributed by atoms with E-state index in [2.05, 4.69) is 10.3 Å². The Bertz CT molecular complexity index is 1060. The van der Waals surface area contributed by atoms with Crippen molar-refractivity contribution >= 4 is 11.8 Å². The second-order valence-electron chi connectivity index (χ2n) is 9.79. The predicted molar refractivity (Wildman–Crippen MR) is 116 cm³/mol. The van der Waals surface area contributed by atoms with Gasteiger partial charge in [0.2, 0.25) is 0 Å². The van der Waals surface area contributed by atoms with E-state index in [9.17, 15) is 23.1 Å². The summed E-state index contributed by atoms with van der Waals surface area (Å²) >= 11 is 0. The normalized spacial score (nSPS) is 26.0. The molecule has 0 saturated heterocycles. The monoisotopic (exact) mass is 460 g/mol. The van der Waals surface area contributed by atoms with Crippen LogP contribution in [0.15, 0.2) is 36.5 Å². The summed E-state index contributed by atoms with van der Waals surface area (Å²) in [7, 11) is 0.